The summed E-state index contributed by atoms with van der Waals surface area (Å²) in [5.74, 6) is 2.13. The number of oxime groups is 1. The van der Waals surface area contributed by atoms with E-state index in [1.165, 1.54) is 12.1 Å². The molecule has 2 aromatic rings. The van der Waals surface area contributed by atoms with Gasteiger partial charge >= 0.3 is 5.97 Å². The lowest BCUT2D eigenvalue weighted by molar-refractivity contribution is -0.139. The summed E-state index contributed by atoms with van der Waals surface area (Å²) in [6, 6.07) is 11.6. The number of halogens is 1. The van der Waals surface area contributed by atoms with E-state index in [9.17, 15) is 9.18 Å². The molecule has 0 saturated heterocycles. The van der Waals surface area contributed by atoms with E-state index in [2.05, 4.69) is 22.2 Å². The first-order valence-corrected chi connectivity index (χ1v) is 10.5. The molecule has 0 N–H and O–H groups in total. The van der Waals surface area contributed by atoms with Crippen molar-refractivity contribution in [2.45, 2.75) is 34.1 Å². The number of hydrogen-bond acceptors (Lipinski definition) is 6. The number of carbonyl (C=O) groups is 1. The van der Waals surface area contributed by atoms with Gasteiger partial charge < -0.3 is 14.3 Å². The molecule has 1 fully saturated rings. The minimum atomic E-state index is -0.571. The lowest BCUT2D eigenvalue weighted by Gasteiger charge is -2.06. The smallest absolute Gasteiger partial charge is 0.324 e. The van der Waals surface area contributed by atoms with Crippen LogP contribution in [0, 0.1) is 41.0 Å². The molecule has 1 heterocycles. The molecule has 0 aliphatic heterocycles. The molecule has 2 atom stereocenters. The van der Waals surface area contributed by atoms with Gasteiger partial charge in [-0.1, -0.05) is 57.0 Å². The Bertz CT molecular complexity index is 1030. The third kappa shape index (κ3) is 6.07. The molecule has 2 unspecified atom stereocenters. The number of hydrogen-bond donors (Lipinski definition) is 0. The zero-order chi connectivity index (χ0) is 23.1. The zero-order valence-corrected chi connectivity index (χ0v) is 18.7. The molecule has 6 nitrogen and oxygen atoms in total. The van der Waals surface area contributed by atoms with Crippen LogP contribution in [0.4, 0.5) is 4.39 Å². The highest BCUT2D eigenvalue weighted by atomic mass is 19.1. The average Bonchev–Trinajstić information content (AvgIpc) is 3.31. The third-order valence-corrected chi connectivity index (χ3v) is 5.19. The second-order valence-electron chi connectivity index (χ2n) is 8.65. The van der Waals surface area contributed by atoms with Crippen LogP contribution in [0.15, 0.2) is 47.6 Å². The summed E-state index contributed by atoms with van der Waals surface area (Å²) < 4.78 is 24.6. The van der Waals surface area contributed by atoms with Crippen LogP contribution in [0.2, 0.25) is 0 Å². The average molecular weight is 438 g/mol. The zero-order valence-electron chi connectivity index (χ0n) is 18.7. The number of para-hydroxylation sites is 1. The van der Waals surface area contributed by atoms with Crippen LogP contribution in [0.3, 0.4) is 0 Å². The van der Waals surface area contributed by atoms with Crippen LogP contribution < -0.4 is 4.74 Å². The molecule has 1 saturated carbocycles. The van der Waals surface area contributed by atoms with Crippen molar-refractivity contribution in [2.75, 3.05) is 6.61 Å². The van der Waals surface area contributed by atoms with Crippen molar-refractivity contribution in [2.24, 2.45) is 28.3 Å². The first kappa shape index (κ1) is 23.3. The lowest BCUT2D eigenvalue weighted by atomic mass is 10.1. The summed E-state index contributed by atoms with van der Waals surface area (Å²) >= 11 is 0. The van der Waals surface area contributed by atoms with Gasteiger partial charge in [0.15, 0.2) is 5.82 Å². The van der Waals surface area contributed by atoms with E-state index in [1.54, 1.807) is 30.5 Å². The van der Waals surface area contributed by atoms with Crippen molar-refractivity contribution in [1.29, 1.82) is 0 Å². The molecule has 0 radical (unpaired) electrons. The second-order valence-corrected chi connectivity index (χ2v) is 8.65. The number of pyridine rings is 1. The summed E-state index contributed by atoms with van der Waals surface area (Å²) in [5.41, 5.74) is 0.242. The molecule has 0 spiro atoms. The molecule has 1 aromatic heterocycles. The lowest BCUT2D eigenvalue weighted by Crippen LogP contribution is -2.07. The first-order valence-electron chi connectivity index (χ1n) is 10.5. The fourth-order valence-electron chi connectivity index (χ4n) is 3.22. The van der Waals surface area contributed by atoms with Gasteiger partial charge in [0.05, 0.1) is 18.0 Å². The molecule has 7 heteroatoms. The fraction of sp³-hybridized carbons (Fsp3) is 0.400. The van der Waals surface area contributed by atoms with E-state index in [0.717, 1.165) is 0 Å². The van der Waals surface area contributed by atoms with Crippen molar-refractivity contribution >= 4 is 12.2 Å². The Morgan fingerprint density at radius 1 is 1.25 bits per heavy atom. The van der Waals surface area contributed by atoms with E-state index in [-0.39, 0.29) is 29.6 Å². The van der Waals surface area contributed by atoms with Crippen LogP contribution in [-0.2, 0) is 20.8 Å². The van der Waals surface area contributed by atoms with Gasteiger partial charge in [-0.2, -0.15) is 0 Å². The highest BCUT2D eigenvalue weighted by Gasteiger charge is 2.62. The molecule has 168 valence electrons. The Kier molecular flexibility index (Phi) is 7.47. The van der Waals surface area contributed by atoms with Crippen molar-refractivity contribution in [3.8, 4) is 23.7 Å². The Balaban J connectivity index is 1.52. The molecule has 32 heavy (non-hydrogen) atoms. The topological polar surface area (TPSA) is 70.0 Å². The number of benzene rings is 1. The van der Waals surface area contributed by atoms with E-state index < -0.39 is 11.8 Å². The van der Waals surface area contributed by atoms with Crippen LogP contribution in [0.1, 0.15) is 33.4 Å². The molecular formula is C25H27FN2O4. The molecule has 1 aliphatic carbocycles. The molecule has 1 aliphatic rings. The Morgan fingerprint density at radius 3 is 2.72 bits per heavy atom. The summed E-state index contributed by atoms with van der Waals surface area (Å²) in [6.07, 6.45) is 4.28. The molecule has 0 amide bonds. The number of rotatable bonds is 8. The minimum absolute atomic E-state index is 0.0552. The Labute approximate surface area is 187 Å². The van der Waals surface area contributed by atoms with Gasteiger partial charge in [0.1, 0.15) is 18.5 Å². The van der Waals surface area contributed by atoms with Crippen molar-refractivity contribution in [3.05, 3.63) is 54.0 Å². The highest BCUT2D eigenvalue weighted by Crippen LogP contribution is 2.57. The van der Waals surface area contributed by atoms with Crippen LogP contribution in [0.25, 0.3) is 0 Å². The maximum Gasteiger partial charge on any atom is 0.324 e. The van der Waals surface area contributed by atoms with E-state index in [4.69, 9.17) is 14.3 Å². The van der Waals surface area contributed by atoms with Crippen LogP contribution in [0.5, 0.6) is 11.6 Å². The van der Waals surface area contributed by atoms with Gasteiger partial charge in [-0.3, -0.25) is 4.79 Å². The Morgan fingerprint density at radius 2 is 2.00 bits per heavy atom. The predicted molar refractivity (Wildman–Crippen MR) is 118 cm³/mol. The molecule has 0 bridgehead atoms. The van der Waals surface area contributed by atoms with Crippen LogP contribution in [-0.4, -0.2) is 23.8 Å². The predicted octanol–water partition coefficient (Wildman–Crippen LogP) is 4.99. The van der Waals surface area contributed by atoms with Crippen molar-refractivity contribution in [3.63, 3.8) is 0 Å². The maximum atomic E-state index is 14.0. The Hall–Kier alpha value is -3.40. The summed E-state index contributed by atoms with van der Waals surface area (Å²) in [6.45, 7) is 8.55. The van der Waals surface area contributed by atoms with E-state index in [1.807, 2.05) is 33.8 Å². The van der Waals surface area contributed by atoms with E-state index >= 15 is 0 Å². The van der Waals surface area contributed by atoms with Crippen molar-refractivity contribution < 1.29 is 23.5 Å². The highest BCUT2D eigenvalue weighted by molar-refractivity contribution is 5.86. The summed E-state index contributed by atoms with van der Waals surface area (Å²) in [5, 5.41) is 3.96. The van der Waals surface area contributed by atoms with Crippen molar-refractivity contribution in [1.82, 2.24) is 4.98 Å². The fourth-order valence-corrected chi connectivity index (χ4v) is 3.22. The number of ether oxygens (including phenoxy) is 2. The maximum absolute atomic E-state index is 14.0. The summed E-state index contributed by atoms with van der Waals surface area (Å²) in [4.78, 5) is 21.7. The molecule has 1 aromatic carbocycles. The summed E-state index contributed by atoms with van der Waals surface area (Å²) in [7, 11) is 0. The van der Waals surface area contributed by atoms with E-state index in [0.29, 0.717) is 24.0 Å². The number of carbonyl (C=O) groups excluding carboxylic acids is 1. The number of aromatic nitrogens is 1. The third-order valence-electron chi connectivity index (χ3n) is 5.19. The normalized spacial score (nSPS) is 18.7. The molecular weight excluding hydrogens is 411 g/mol. The van der Waals surface area contributed by atoms with Gasteiger partial charge in [-0.15, -0.1) is 0 Å². The number of esters is 1. The largest absolute Gasteiger partial charge is 0.436 e. The van der Waals surface area contributed by atoms with Gasteiger partial charge in [-0.25, -0.2) is 9.37 Å². The standard InChI is InChI=1S/C25H27FN2O4/c1-17(2)16-31-27-15-20-22(25(20,3)4)24(29)30-14-8-9-18-12-13-21(26)23(28-18)32-19-10-6-5-7-11-19/h5-7,10-13,15,17,20,22H,9,16H2,1-4H3. The minimum Gasteiger partial charge on any atom is -0.436 e. The SMILES string of the molecule is CC(C)CON=CC1C(C(=O)OC#CCc2ccc(F)c(Oc3ccccc3)n2)C1(C)C. The molecule has 3 rings (SSSR count). The second kappa shape index (κ2) is 10.3. The first-order chi connectivity index (χ1) is 15.3. The van der Waals surface area contributed by atoms with Gasteiger partial charge in [0.25, 0.3) is 5.88 Å². The number of nitrogens with zero attached hydrogens (tertiary/aromatic N) is 2. The quantitative estimate of drug-likeness (QED) is 0.251. The monoisotopic (exact) mass is 438 g/mol. The van der Waals surface area contributed by atoms with Gasteiger partial charge in [0, 0.05) is 12.1 Å². The van der Waals surface area contributed by atoms with Gasteiger partial charge in [0.2, 0.25) is 0 Å². The van der Waals surface area contributed by atoms with Crippen LogP contribution >= 0.6 is 0 Å². The van der Waals surface area contributed by atoms with Gasteiger partial charge in [-0.05, 0) is 35.6 Å².